The summed E-state index contributed by atoms with van der Waals surface area (Å²) in [7, 11) is 0. The zero-order valence-corrected chi connectivity index (χ0v) is 16.1. The predicted molar refractivity (Wildman–Crippen MR) is 113 cm³/mol. The van der Waals surface area contributed by atoms with Crippen molar-refractivity contribution in [2.75, 3.05) is 6.54 Å². The summed E-state index contributed by atoms with van der Waals surface area (Å²) >= 11 is 0. The highest BCUT2D eigenvalue weighted by molar-refractivity contribution is 5.60. The highest BCUT2D eigenvalue weighted by Gasteiger charge is 2.14. The number of rotatable bonds is 8. The fraction of sp³-hybridized carbons (Fsp3) is 0.167. The van der Waals surface area contributed by atoms with E-state index in [2.05, 4.69) is 39.8 Å². The van der Waals surface area contributed by atoms with Crippen molar-refractivity contribution in [3.63, 3.8) is 0 Å². The second kappa shape index (κ2) is 9.26. The van der Waals surface area contributed by atoms with Crippen LogP contribution < -0.4 is 5.32 Å². The second-order valence-electron chi connectivity index (χ2n) is 6.90. The van der Waals surface area contributed by atoms with Crippen LogP contribution in [0, 0.1) is 5.82 Å². The molecular formula is C24H23FN4. The SMILES string of the molecule is Fc1ccccc1Cn1nc(CNCCc2ccccc2)c(-c2ccccc2)n1. The molecule has 4 aromatic rings. The molecule has 3 aromatic carbocycles. The lowest BCUT2D eigenvalue weighted by Gasteiger charge is -2.04. The van der Waals surface area contributed by atoms with Crippen molar-refractivity contribution < 1.29 is 4.39 Å². The quantitative estimate of drug-likeness (QED) is 0.455. The van der Waals surface area contributed by atoms with Crippen molar-refractivity contribution in [1.29, 1.82) is 0 Å². The van der Waals surface area contributed by atoms with Crippen LogP contribution in [0.5, 0.6) is 0 Å². The topological polar surface area (TPSA) is 42.7 Å². The Kier molecular flexibility index (Phi) is 6.07. The number of nitrogens with one attached hydrogen (secondary N) is 1. The summed E-state index contributed by atoms with van der Waals surface area (Å²) < 4.78 is 14.0. The third kappa shape index (κ3) is 4.95. The van der Waals surface area contributed by atoms with E-state index in [1.807, 2.05) is 42.5 Å². The molecule has 146 valence electrons. The van der Waals surface area contributed by atoms with Gasteiger partial charge in [0.2, 0.25) is 0 Å². The first kappa shape index (κ1) is 19.0. The van der Waals surface area contributed by atoms with Gasteiger partial charge in [-0.05, 0) is 24.6 Å². The van der Waals surface area contributed by atoms with E-state index in [0.29, 0.717) is 18.7 Å². The number of hydrogen-bond donors (Lipinski definition) is 1. The van der Waals surface area contributed by atoms with Crippen molar-refractivity contribution in [3.05, 3.63) is 108 Å². The molecule has 29 heavy (non-hydrogen) atoms. The van der Waals surface area contributed by atoms with Crippen molar-refractivity contribution in [2.24, 2.45) is 0 Å². The van der Waals surface area contributed by atoms with E-state index in [0.717, 1.165) is 29.9 Å². The number of hydrogen-bond acceptors (Lipinski definition) is 3. The molecule has 5 heteroatoms. The largest absolute Gasteiger partial charge is 0.311 e. The zero-order valence-electron chi connectivity index (χ0n) is 16.1. The minimum atomic E-state index is -0.242. The van der Waals surface area contributed by atoms with Crippen LogP contribution in [0.15, 0.2) is 84.9 Å². The highest BCUT2D eigenvalue weighted by atomic mass is 19.1. The van der Waals surface area contributed by atoms with Gasteiger partial charge in [-0.3, -0.25) is 0 Å². The number of aromatic nitrogens is 3. The molecule has 4 nitrogen and oxygen atoms in total. The van der Waals surface area contributed by atoms with Gasteiger partial charge in [0.1, 0.15) is 17.2 Å². The van der Waals surface area contributed by atoms with E-state index in [4.69, 9.17) is 0 Å². The van der Waals surface area contributed by atoms with Gasteiger partial charge in [0.15, 0.2) is 0 Å². The van der Waals surface area contributed by atoms with Gasteiger partial charge in [0.25, 0.3) is 0 Å². The number of nitrogens with zero attached hydrogens (tertiary/aromatic N) is 3. The Morgan fingerprint density at radius 3 is 2.24 bits per heavy atom. The lowest BCUT2D eigenvalue weighted by molar-refractivity contribution is 0.543. The fourth-order valence-corrected chi connectivity index (χ4v) is 3.26. The van der Waals surface area contributed by atoms with Crippen LogP contribution in [-0.4, -0.2) is 21.5 Å². The molecule has 1 aromatic heterocycles. The average Bonchev–Trinajstić information content (AvgIpc) is 3.17. The molecular weight excluding hydrogens is 363 g/mol. The molecule has 0 fully saturated rings. The Morgan fingerprint density at radius 1 is 0.793 bits per heavy atom. The Morgan fingerprint density at radius 2 is 1.48 bits per heavy atom. The van der Waals surface area contributed by atoms with Crippen molar-refractivity contribution in [2.45, 2.75) is 19.5 Å². The maximum Gasteiger partial charge on any atom is 0.128 e. The molecule has 0 bridgehead atoms. The summed E-state index contributed by atoms with van der Waals surface area (Å²) in [5, 5.41) is 12.8. The molecule has 0 aliphatic rings. The fourth-order valence-electron chi connectivity index (χ4n) is 3.26. The van der Waals surface area contributed by atoms with Crippen LogP contribution >= 0.6 is 0 Å². The van der Waals surface area contributed by atoms with Crippen molar-refractivity contribution in [3.8, 4) is 11.3 Å². The summed E-state index contributed by atoms with van der Waals surface area (Å²) in [5.41, 5.74) is 4.57. The maximum atomic E-state index is 14.0. The summed E-state index contributed by atoms with van der Waals surface area (Å²) in [4.78, 5) is 1.58. The number of halogens is 1. The van der Waals surface area contributed by atoms with Crippen LogP contribution in [0.2, 0.25) is 0 Å². The van der Waals surface area contributed by atoms with Crippen LogP contribution in [0.3, 0.4) is 0 Å². The summed E-state index contributed by atoms with van der Waals surface area (Å²) in [6, 6.07) is 27.1. The Labute approximate surface area is 170 Å². The van der Waals surface area contributed by atoms with E-state index in [1.54, 1.807) is 16.9 Å². The van der Waals surface area contributed by atoms with E-state index in [-0.39, 0.29) is 5.82 Å². The lowest BCUT2D eigenvalue weighted by atomic mass is 10.1. The monoisotopic (exact) mass is 386 g/mol. The molecule has 1 heterocycles. The minimum Gasteiger partial charge on any atom is -0.311 e. The van der Waals surface area contributed by atoms with Crippen molar-refractivity contribution >= 4 is 0 Å². The molecule has 0 atom stereocenters. The minimum absolute atomic E-state index is 0.242. The molecule has 0 unspecified atom stereocenters. The van der Waals surface area contributed by atoms with Gasteiger partial charge in [-0.1, -0.05) is 78.9 Å². The van der Waals surface area contributed by atoms with Crippen LogP contribution in [0.1, 0.15) is 16.8 Å². The van der Waals surface area contributed by atoms with E-state index in [9.17, 15) is 4.39 Å². The van der Waals surface area contributed by atoms with Crippen LogP contribution in [-0.2, 0) is 19.5 Å². The van der Waals surface area contributed by atoms with Gasteiger partial charge in [-0.15, -0.1) is 0 Å². The predicted octanol–water partition coefficient (Wildman–Crippen LogP) is 4.46. The van der Waals surface area contributed by atoms with Gasteiger partial charge < -0.3 is 5.32 Å². The van der Waals surface area contributed by atoms with Gasteiger partial charge >= 0.3 is 0 Å². The Balaban J connectivity index is 1.50. The second-order valence-corrected chi connectivity index (χ2v) is 6.90. The van der Waals surface area contributed by atoms with Gasteiger partial charge in [0, 0.05) is 17.7 Å². The molecule has 0 saturated carbocycles. The highest BCUT2D eigenvalue weighted by Crippen LogP contribution is 2.20. The Hall–Kier alpha value is -3.31. The molecule has 0 aliphatic heterocycles. The normalized spacial score (nSPS) is 10.9. The molecule has 0 saturated heterocycles. The van der Waals surface area contributed by atoms with E-state index >= 15 is 0 Å². The first-order valence-electron chi connectivity index (χ1n) is 9.77. The number of benzene rings is 3. The van der Waals surface area contributed by atoms with Crippen LogP contribution in [0.25, 0.3) is 11.3 Å². The first-order valence-corrected chi connectivity index (χ1v) is 9.77. The summed E-state index contributed by atoms with van der Waals surface area (Å²) in [6.07, 6.45) is 0.949. The lowest BCUT2D eigenvalue weighted by Crippen LogP contribution is -2.17. The standard InChI is InChI=1S/C24H23FN4/c25-22-14-8-7-13-21(22)18-29-27-23(24(28-29)20-11-5-2-6-12-20)17-26-16-15-19-9-3-1-4-10-19/h1-14,26H,15-18H2. The smallest absolute Gasteiger partial charge is 0.128 e. The van der Waals surface area contributed by atoms with Crippen molar-refractivity contribution in [1.82, 2.24) is 20.3 Å². The van der Waals surface area contributed by atoms with Gasteiger partial charge in [-0.2, -0.15) is 15.0 Å². The van der Waals surface area contributed by atoms with Gasteiger partial charge in [-0.25, -0.2) is 4.39 Å². The van der Waals surface area contributed by atoms with Crippen LogP contribution in [0.4, 0.5) is 4.39 Å². The first-order chi connectivity index (χ1) is 14.3. The summed E-state index contributed by atoms with van der Waals surface area (Å²) in [6.45, 7) is 1.75. The van der Waals surface area contributed by atoms with E-state index < -0.39 is 0 Å². The maximum absolute atomic E-state index is 14.0. The van der Waals surface area contributed by atoms with Gasteiger partial charge in [0.05, 0.1) is 6.54 Å². The Bertz CT molecular complexity index is 1040. The zero-order chi connectivity index (χ0) is 19.9. The molecule has 0 aliphatic carbocycles. The molecule has 0 spiro atoms. The third-order valence-corrected chi connectivity index (χ3v) is 4.77. The average molecular weight is 386 g/mol. The molecule has 0 amide bonds. The summed E-state index contributed by atoms with van der Waals surface area (Å²) in [5.74, 6) is -0.242. The molecule has 0 radical (unpaired) electrons. The molecule has 1 N–H and O–H groups in total. The van der Waals surface area contributed by atoms with E-state index in [1.165, 1.54) is 11.6 Å². The molecule has 4 rings (SSSR count). The third-order valence-electron chi connectivity index (χ3n) is 4.77.